The highest BCUT2D eigenvalue weighted by Crippen LogP contribution is 2.22. The van der Waals surface area contributed by atoms with Gasteiger partial charge in [-0.2, -0.15) is 0 Å². The summed E-state index contributed by atoms with van der Waals surface area (Å²) in [7, 11) is 0. The van der Waals surface area contributed by atoms with Crippen LogP contribution in [0.1, 0.15) is 43.4 Å². The Kier molecular flexibility index (Phi) is 6.87. The number of aliphatic hydroxyl groups is 1. The molecule has 2 aromatic carbocycles. The Balaban J connectivity index is 1.57. The van der Waals surface area contributed by atoms with Crippen LogP contribution in [-0.2, 0) is 0 Å². The van der Waals surface area contributed by atoms with Crippen molar-refractivity contribution in [2.24, 2.45) is 0 Å². The van der Waals surface area contributed by atoms with Crippen molar-refractivity contribution in [3.8, 4) is 0 Å². The number of aliphatic hydroxyl groups excluding tert-OH is 1. The van der Waals surface area contributed by atoms with Gasteiger partial charge in [0.2, 0.25) is 0 Å². The summed E-state index contributed by atoms with van der Waals surface area (Å²) in [6, 6.07) is 21.4. The standard InChI is InChI=1S/C23H30N2O/c1-2-9-21(20-12-7-4-8-13-20)24-22-15-17-25(18-23(22)26)16-14-19-10-5-3-6-11-19/h3-8,10-14,16,21-24,26H,2,9,15,17-18H2,1H3. The van der Waals surface area contributed by atoms with Gasteiger partial charge in [-0.3, -0.25) is 0 Å². The number of hydrogen-bond acceptors (Lipinski definition) is 3. The molecule has 1 heterocycles. The molecule has 0 aliphatic carbocycles. The molecule has 3 nitrogen and oxygen atoms in total. The van der Waals surface area contributed by atoms with Crippen LogP contribution in [0.5, 0.6) is 0 Å². The van der Waals surface area contributed by atoms with Gasteiger partial charge in [-0.25, -0.2) is 0 Å². The van der Waals surface area contributed by atoms with Crippen molar-refractivity contribution in [3.05, 3.63) is 78.0 Å². The minimum atomic E-state index is -0.354. The Hall–Kier alpha value is -2.10. The molecule has 0 aromatic heterocycles. The van der Waals surface area contributed by atoms with E-state index in [1.165, 1.54) is 11.1 Å². The number of benzene rings is 2. The Labute approximate surface area is 157 Å². The van der Waals surface area contributed by atoms with E-state index in [1.54, 1.807) is 0 Å². The zero-order valence-electron chi connectivity index (χ0n) is 15.6. The van der Waals surface area contributed by atoms with Crippen molar-refractivity contribution < 1.29 is 5.11 Å². The van der Waals surface area contributed by atoms with Gasteiger partial charge in [0.15, 0.2) is 0 Å². The maximum absolute atomic E-state index is 10.7. The van der Waals surface area contributed by atoms with Gasteiger partial charge in [-0.15, -0.1) is 0 Å². The highest BCUT2D eigenvalue weighted by atomic mass is 16.3. The lowest BCUT2D eigenvalue weighted by atomic mass is 9.96. The van der Waals surface area contributed by atoms with Crippen LogP contribution in [0.4, 0.5) is 0 Å². The second kappa shape index (κ2) is 9.56. The number of likely N-dealkylation sites (tertiary alicyclic amines) is 1. The van der Waals surface area contributed by atoms with Gasteiger partial charge in [-0.05, 0) is 36.2 Å². The molecule has 3 rings (SSSR count). The molecule has 3 unspecified atom stereocenters. The third-order valence-corrected chi connectivity index (χ3v) is 5.09. The number of rotatable bonds is 7. The normalized spacial score (nSPS) is 21.8. The van der Waals surface area contributed by atoms with Crippen molar-refractivity contribution >= 4 is 6.08 Å². The molecule has 0 radical (unpaired) electrons. The van der Waals surface area contributed by atoms with E-state index in [9.17, 15) is 5.11 Å². The van der Waals surface area contributed by atoms with E-state index < -0.39 is 0 Å². The maximum atomic E-state index is 10.7. The van der Waals surface area contributed by atoms with Crippen molar-refractivity contribution in [2.75, 3.05) is 13.1 Å². The molecule has 2 N–H and O–H groups in total. The Morgan fingerprint density at radius 2 is 1.81 bits per heavy atom. The van der Waals surface area contributed by atoms with E-state index in [2.05, 4.69) is 71.9 Å². The monoisotopic (exact) mass is 350 g/mol. The molecule has 0 amide bonds. The fraction of sp³-hybridized carbons (Fsp3) is 0.391. The maximum Gasteiger partial charge on any atom is 0.0868 e. The lowest BCUT2D eigenvalue weighted by Gasteiger charge is -2.38. The fourth-order valence-corrected chi connectivity index (χ4v) is 3.62. The van der Waals surface area contributed by atoms with Crippen molar-refractivity contribution in [1.29, 1.82) is 0 Å². The summed E-state index contributed by atoms with van der Waals surface area (Å²) in [6.07, 6.45) is 7.03. The summed E-state index contributed by atoms with van der Waals surface area (Å²) >= 11 is 0. The molecular weight excluding hydrogens is 320 g/mol. The summed E-state index contributed by atoms with van der Waals surface area (Å²) in [5, 5.41) is 14.4. The van der Waals surface area contributed by atoms with E-state index in [1.807, 2.05) is 18.2 Å². The van der Waals surface area contributed by atoms with E-state index >= 15 is 0 Å². The van der Waals surface area contributed by atoms with Gasteiger partial charge >= 0.3 is 0 Å². The summed E-state index contributed by atoms with van der Waals surface area (Å²) in [5.41, 5.74) is 2.50. The molecule has 3 heteroatoms. The molecule has 2 aromatic rings. The zero-order chi connectivity index (χ0) is 18.2. The fourth-order valence-electron chi connectivity index (χ4n) is 3.62. The molecule has 1 saturated heterocycles. The predicted octanol–water partition coefficient (Wildman–Crippen LogP) is 4.22. The molecular formula is C23H30N2O. The molecule has 26 heavy (non-hydrogen) atoms. The van der Waals surface area contributed by atoms with Crippen LogP contribution < -0.4 is 5.32 Å². The minimum Gasteiger partial charge on any atom is -0.390 e. The average Bonchev–Trinajstić information content (AvgIpc) is 2.69. The lowest BCUT2D eigenvalue weighted by Crippen LogP contribution is -2.52. The second-order valence-electron chi connectivity index (χ2n) is 7.10. The molecule has 0 spiro atoms. The van der Waals surface area contributed by atoms with Gasteiger partial charge in [-0.1, -0.05) is 74.0 Å². The smallest absolute Gasteiger partial charge is 0.0868 e. The molecule has 3 atom stereocenters. The molecule has 0 saturated carbocycles. The van der Waals surface area contributed by atoms with Crippen molar-refractivity contribution in [2.45, 2.75) is 44.4 Å². The topological polar surface area (TPSA) is 35.5 Å². The van der Waals surface area contributed by atoms with Crippen LogP contribution in [-0.4, -0.2) is 35.2 Å². The summed E-state index contributed by atoms with van der Waals surface area (Å²) in [4.78, 5) is 2.22. The average molecular weight is 351 g/mol. The number of nitrogens with one attached hydrogen (secondary N) is 1. The van der Waals surface area contributed by atoms with E-state index in [0.29, 0.717) is 12.6 Å². The molecule has 1 aliphatic heterocycles. The summed E-state index contributed by atoms with van der Waals surface area (Å²) < 4.78 is 0. The Morgan fingerprint density at radius 1 is 1.12 bits per heavy atom. The van der Waals surface area contributed by atoms with Crippen LogP contribution in [0.15, 0.2) is 66.9 Å². The molecule has 138 valence electrons. The Morgan fingerprint density at radius 3 is 2.46 bits per heavy atom. The van der Waals surface area contributed by atoms with Crippen molar-refractivity contribution in [1.82, 2.24) is 10.2 Å². The van der Waals surface area contributed by atoms with E-state index in [4.69, 9.17) is 0 Å². The first-order chi connectivity index (χ1) is 12.8. The number of β-amino-alcohol motifs (C(OH)–C–C–N with tert-alkyl or cyclic N) is 1. The summed E-state index contributed by atoms with van der Waals surface area (Å²) in [6.45, 7) is 3.85. The molecule has 0 bridgehead atoms. The zero-order valence-corrected chi connectivity index (χ0v) is 15.6. The van der Waals surface area contributed by atoms with Crippen LogP contribution in [0, 0.1) is 0 Å². The van der Waals surface area contributed by atoms with Crippen LogP contribution in [0.25, 0.3) is 6.08 Å². The van der Waals surface area contributed by atoms with Crippen molar-refractivity contribution in [3.63, 3.8) is 0 Å². The van der Waals surface area contributed by atoms with E-state index in [-0.39, 0.29) is 12.1 Å². The SMILES string of the molecule is CCCC(NC1CCN(C=Cc2ccccc2)CC1O)c1ccccc1. The first-order valence-electron chi connectivity index (χ1n) is 9.72. The van der Waals surface area contributed by atoms with Crippen LogP contribution >= 0.6 is 0 Å². The Bertz CT molecular complexity index is 671. The van der Waals surface area contributed by atoms with Gasteiger partial charge in [0, 0.05) is 25.2 Å². The number of piperidine rings is 1. The second-order valence-corrected chi connectivity index (χ2v) is 7.10. The van der Waals surface area contributed by atoms with Gasteiger partial charge < -0.3 is 15.3 Å². The molecule has 1 aliphatic rings. The largest absolute Gasteiger partial charge is 0.390 e. The van der Waals surface area contributed by atoms with Crippen LogP contribution in [0.2, 0.25) is 0 Å². The quantitative estimate of drug-likeness (QED) is 0.785. The minimum absolute atomic E-state index is 0.146. The summed E-state index contributed by atoms with van der Waals surface area (Å²) in [5.74, 6) is 0. The molecule has 1 fully saturated rings. The van der Waals surface area contributed by atoms with Gasteiger partial charge in [0.25, 0.3) is 0 Å². The third kappa shape index (κ3) is 5.20. The predicted molar refractivity (Wildman–Crippen MR) is 109 cm³/mol. The van der Waals surface area contributed by atoms with Gasteiger partial charge in [0.05, 0.1) is 6.10 Å². The lowest BCUT2D eigenvalue weighted by molar-refractivity contribution is 0.0547. The third-order valence-electron chi connectivity index (χ3n) is 5.09. The van der Waals surface area contributed by atoms with Crippen LogP contribution in [0.3, 0.4) is 0 Å². The first kappa shape index (κ1) is 18.7. The number of nitrogens with zero attached hydrogens (tertiary/aromatic N) is 1. The van der Waals surface area contributed by atoms with E-state index in [0.717, 1.165) is 25.8 Å². The van der Waals surface area contributed by atoms with Gasteiger partial charge in [0.1, 0.15) is 0 Å². The highest BCUT2D eigenvalue weighted by molar-refractivity contribution is 5.48. The number of hydrogen-bond donors (Lipinski definition) is 2. The highest BCUT2D eigenvalue weighted by Gasteiger charge is 2.28. The first-order valence-corrected chi connectivity index (χ1v) is 9.72.